The van der Waals surface area contributed by atoms with E-state index in [1.807, 2.05) is 13.0 Å². The minimum absolute atomic E-state index is 0.0410. The highest BCUT2D eigenvalue weighted by Gasteiger charge is 2.31. The number of rotatable bonds is 13. The van der Waals surface area contributed by atoms with E-state index in [1.165, 1.54) is 57.4 Å². The van der Waals surface area contributed by atoms with Crippen LogP contribution >= 0.6 is 23.1 Å². The standard InChI is InChI=1S/C39H40N4O8S2/c1-6-32(37(47)42-38-34(39(48)51-5)29-17-18-43(23(2)44)22-33(29)53-38)52-28-14-10-13-26(21-28)40-36(46)30(41-35(45)24-11-8-7-9-12-24)20-25-19-27(49-3)15-16-31(25)50-4/h7-16,19-21,32H,6,17-18,22H2,1-5H3,(H,40,46)(H,41,45)(H,42,47)/b30-20+. The van der Waals surface area contributed by atoms with Gasteiger partial charge in [0.05, 0.1) is 38.7 Å². The van der Waals surface area contributed by atoms with Gasteiger partial charge in [0, 0.05) is 40.1 Å². The van der Waals surface area contributed by atoms with Crippen molar-refractivity contribution in [1.29, 1.82) is 0 Å². The van der Waals surface area contributed by atoms with Crippen molar-refractivity contribution in [2.24, 2.45) is 0 Å². The SMILES string of the molecule is CCC(Sc1cccc(NC(=O)/C(=C\c2cc(OC)ccc2OC)NC(=O)c2ccccc2)c1)C(=O)Nc1sc2c(c1C(=O)OC)CCN(C(C)=O)C2. The van der Waals surface area contributed by atoms with Gasteiger partial charge >= 0.3 is 5.97 Å². The molecule has 0 saturated carbocycles. The summed E-state index contributed by atoms with van der Waals surface area (Å²) in [6, 6.07) is 20.7. The summed E-state index contributed by atoms with van der Waals surface area (Å²) < 4.78 is 15.9. The summed E-state index contributed by atoms with van der Waals surface area (Å²) in [5, 5.41) is 8.38. The highest BCUT2D eigenvalue weighted by atomic mass is 32.2. The van der Waals surface area contributed by atoms with E-state index in [0.29, 0.717) is 69.7 Å². The number of nitrogens with one attached hydrogen (secondary N) is 3. The normalized spacial score (nSPS) is 12.9. The van der Waals surface area contributed by atoms with Crippen molar-refractivity contribution in [3.05, 3.63) is 106 Å². The molecule has 0 bridgehead atoms. The predicted molar refractivity (Wildman–Crippen MR) is 206 cm³/mol. The number of nitrogens with zero attached hydrogens (tertiary/aromatic N) is 1. The molecule has 3 N–H and O–H groups in total. The van der Waals surface area contributed by atoms with Gasteiger partial charge in [-0.25, -0.2) is 4.79 Å². The maximum atomic E-state index is 13.8. The second-order valence-corrected chi connectivity index (χ2v) is 14.2. The van der Waals surface area contributed by atoms with Gasteiger partial charge in [-0.15, -0.1) is 23.1 Å². The third-order valence-corrected chi connectivity index (χ3v) is 10.9. The Kier molecular flexibility index (Phi) is 12.9. The van der Waals surface area contributed by atoms with Crippen molar-refractivity contribution in [2.75, 3.05) is 38.5 Å². The maximum absolute atomic E-state index is 13.8. The molecule has 1 aliphatic rings. The number of ether oxygens (including phenoxy) is 3. The van der Waals surface area contributed by atoms with Crippen LogP contribution in [0.3, 0.4) is 0 Å². The fraction of sp³-hybridized carbons (Fsp3) is 0.256. The Morgan fingerprint density at radius 2 is 1.72 bits per heavy atom. The first-order chi connectivity index (χ1) is 25.5. The van der Waals surface area contributed by atoms with Crippen LogP contribution in [0, 0.1) is 0 Å². The lowest BCUT2D eigenvalue weighted by Crippen LogP contribution is -2.34. The summed E-state index contributed by atoms with van der Waals surface area (Å²) in [6.07, 6.45) is 2.46. The summed E-state index contributed by atoms with van der Waals surface area (Å²) in [7, 11) is 4.32. The molecular formula is C39H40N4O8S2. The Hall–Kier alpha value is -5.60. The van der Waals surface area contributed by atoms with Crippen molar-refractivity contribution in [1.82, 2.24) is 10.2 Å². The highest BCUT2D eigenvalue weighted by Crippen LogP contribution is 2.39. The van der Waals surface area contributed by atoms with Crippen LogP contribution in [0.15, 0.2) is 83.4 Å². The summed E-state index contributed by atoms with van der Waals surface area (Å²) in [5.74, 6) is -0.982. The number of amides is 4. The van der Waals surface area contributed by atoms with Gasteiger partial charge in [0.15, 0.2) is 0 Å². The Labute approximate surface area is 315 Å². The summed E-state index contributed by atoms with van der Waals surface area (Å²) in [6.45, 7) is 4.22. The minimum atomic E-state index is -0.591. The third-order valence-electron chi connectivity index (χ3n) is 8.43. The maximum Gasteiger partial charge on any atom is 0.341 e. The van der Waals surface area contributed by atoms with E-state index in [0.717, 1.165) is 10.4 Å². The number of methoxy groups -OCH3 is 3. The molecule has 0 radical (unpaired) electrons. The molecule has 53 heavy (non-hydrogen) atoms. The molecule has 0 saturated heterocycles. The van der Waals surface area contributed by atoms with Crippen LogP contribution in [0.2, 0.25) is 0 Å². The number of esters is 1. The molecule has 276 valence electrons. The fourth-order valence-corrected chi connectivity index (χ4v) is 7.92. The van der Waals surface area contributed by atoms with Gasteiger partial charge in [0.1, 0.15) is 22.2 Å². The summed E-state index contributed by atoms with van der Waals surface area (Å²) in [5.41, 5.74) is 2.37. The number of fused-ring (bicyclic) bond motifs is 1. The zero-order chi connectivity index (χ0) is 38.1. The van der Waals surface area contributed by atoms with E-state index in [4.69, 9.17) is 14.2 Å². The van der Waals surface area contributed by atoms with Gasteiger partial charge in [-0.3, -0.25) is 19.2 Å². The first-order valence-corrected chi connectivity index (χ1v) is 18.4. The lowest BCUT2D eigenvalue weighted by molar-refractivity contribution is -0.129. The average Bonchev–Trinajstić information content (AvgIpc) is 3.53. The van der Waals surface area contributed by atoms with Crippen molar-refractivity contribution >= 4 is 69.5 Å². The number of carbonyl (C=O) groups is 5. The molecule has 1 aromatic heterocycles. The van der Waals surface area contributed by atoms with Crippen molar-refractivity contribution < 1.29 is 38.2 Å². The zero-order valence-corrected chi connectivity index (χ0v) is 31.6. The van der Waals surface area contributed by atoms with Crippen molar-refractivity contribution in [3.63, 3.8) is 0 Å². The summed E-state index contributed by atoms with van der Waals surface area (Å²) >= 11 is 2.58. The lowest BCUT2D eigenvalue weighted by atomic mass is 10.0. The molecule has 12 nitrogen and oxygen atoms in total. The molecule has 5 rings (SSSR count). The van der Waals surface area contributed by atoms with Crippen LogP contribution in [0.1, 0.15) is 57.0 Å². The molecule has 0 fully saturated rings. The number of carbonyl (C=O) groups excluding carboxylic acids is 5. The van der Waals surface area contributed by atoms with Gasteiger partial charge in [0.25, 0.3) is 11.8 Å². The summed E-state index contributed by atoms with van der Waals surface area (Å²) in [4.78, 5) is 68.7. The fourth-order valence-electron chi connectivity index (χ4n) is 5.65. The molecule has 1 atom stereocenters. The predicted octanol–water partition coefficient (Wildman–Crippen LogP) is 6.38. The second-order valence-electron chi connectivity index (χ2n) is 11.9. The van der Waals surface area contributed by atoms with Crippen molar-refractivity contribution in [3.8, 4) is 11.5 Å². The molecule has 0 spiro atoms. The number of anilines is 2. The van der Waals surface area contributed by atoms with Gasteiger partial charge < -0.3 is 35.1 Å². The number of thioether (sulfide) groups is 1. The van der Waals surface area contributed by atoms with E-state index in [2.05, 4.69) is 16.0 Å². The van der Waals surface area contributed by atoms with Crippen molar-refractivity contribution in [2.45, 2.75) is 43.4 Å². The lowest BCUT2D eigenvalue weighted by Gasteiger charge is -2.25. The molecule has 14 heteroatoms. The third kappa shape index (κ3) is 9.45. The Morgan fingerprint density at radius 1 is 0.943 bits per heavy atom. The van der Waals surface area contributed by atoms with Crippen LogP contribution in [0.25, 0.3) is 6.08 Å². The van der Waals surface area contributed by atoms with E-state index in [1.54, 1.807) is 71.6 Å². The first-order valence-electron chi connectivity index (χ1n) is 16.7. The zero-order valence-electron chi connectivity index (χ0n) is 29.9. The Balaban J connectivity index is 1.35. The van der Waals surface area contributed by atoms with Gasteiger partial charge in [-0.05, 0) is 73.0 Å². The Morgan fingerprint density at radius 3 is 2.40 bits per heavy atom. The average molecular weight is 757 g/mol. The highest BCUT2D eigenvalue weighted by molar-refractivity contribution is 8.00. The monoisotopic (exact) mass is 756 g/mol. The molecule has 4 aromatic rings. The quantitative estimate of drug-likeness (QED) is 0.0803. The molecule has 0 aliphatic carbocycles. The molecule has 4 amide bonds. The van der Waals surface area contributed by atoms with E-state index < -0.39 is 23.0 Å². The first kappa shape index (κ1) is 38.6. The van der Waals surface area contributed by atoms with Gasteiger partial charge in [0.2, 0.25) is 11.8 Å². The number of thiophene rings is 1. The largest absolute Gasteiger partial charge is 0.497 e. The molecule has 1 unspecified atom stereocenters. The van der Waals surface area contributed by atoms with Crippen LogP contribution in [-0.2, 0) is 32.1 Å². The van der Waals surface area contributed by atoms with E-state index in [9.17, 15) is 24.0 Å². The van der Waals surface area contributed by atoms with Gasteiger partial charge in [-0.2, -0.15) is 0 Å². The smallest absolute Gasteiger partial charge is 0.341 e. The number of hydrogen-bond acceptors (Lipinski definition) is 10. The second kappa shape index (κ2) is 17.8. The van der Waals surface area contributed by atoms with Crippen LogP contribution in [0.5, 0.6) is 11.5 Å². The number of hydrogen-bond donors (Lipinski definition) is 3. The van der Waals surface area contributed by atoms with Crippen LogP contribution < -0.4 is 25.4 Å². The Bertz CT molecular complexity index is 2050. The van der Waals surface area contributed by atoms with Crippen LogP contribution in [0.4, 0.5) is 10.7 Å². The molecular weight excluding hydrogens is 717 g/mol. The minimum Gasteiger partial charge on any atom is -0.497 e. The molecule has 1 aliphatic heterocycles. The molecule has 3 aromatic carbocycles. The van der Waals surface area contributed by atoms with Gasteiger partial charge in [-0.1, -0.05) is 31.2 Å². The van der Waals surface area contributed by atoms with E-state index in [-0.39, 0.29) is 17.5 Å². The van der Waals surface area contributed by atoms with Crippen LogP contribution in [-0.4, -0.2) is 67.6 Å². The number of benzene rings is 3. The molecule has 2 heterocycles. The van der Waals surface area contributed by atoms with E-state index >= 15 is 0 Å². The topological polar surface area (TPSA) is 152 Å².